The molecule has 11 heteroatoms. The van der Waals surface area contributed by atoms with Crippen molar-refractivity contribution in [1.29, 1.82) is 0 Å². The lowest BCUT2D eigenvalue weighted by molar-refractivity contribution is -0.141. The number of ether oxygens (including phenoxy) is 2. The fraction of sp³-hybridized carbons (Fsp3) is 0.476. The molecule has 0 radical (unpaired) electrons. The Labute approximate surface area is 191 Å². The molecule has 1 aromatic rings. The predicted octanol–water partition coefficient (Wildman–Crippen LogP) is 3.64. The number of nitrogens with one attached hydrogen (secondary N) is 1. The Morgan fingerprint density at radius 2 is 2.00 bits per heavy atom. The monoisotopic (exact) mass is 489 g/mol. The van der Waals surface area contributed by atoms with Gasteiger partial charge >= 0.3 is 11.9 Å². The summed E-state index contributed by atoms with van der Waals surface area (Å²) in [4.78, 5) is 36.4. The zero-order valence-electron chi connectivity index (χ0n) is 17.9. The van der Waals surface area contributed by atoms with Crippen molar-refractivity contribution in [2.75, 3.05) is 18.4 Å². The summed E-state index contributed by atoms with van der Waals surface area (Å²) in [6.45, 7) is 3.11. The predicted molar refractivity (Wildman–Crippen MR) is 116 cm³/mol. The Morgan fingerprint density at radius 3 is 2.62 bits per heavy atom. The molecule has 1 unspecified atom stereocenters. The van der Waals surface area contributed by atoms with Gasteiger partial charge in [-0.05, 0) is 38.3 Å². The van der Waals surface area contributed by atoms with E-state index >= 15 is 0 Å². The molecule has 0 saturated heterocycles. The Bertz CT molecular complexity index is 1040. The first-order valence-corrected chi connectivity index (χ1v) is 11.9. The lowest BCUT2D eigenvalue weighted by Gasteiger charge is -2.24. The van der Waals surface area contributed by atoms with Crippen LogP contribution in [0.2, 0.25) is 5.02 Å². The van der Waals surface area contributed by atoms with Gasteiger partial charge in [0.15, 0.2) is 5.78 Å². The van der Waals surface area contributed by atoms with E-state index in [0.717, 1.165) is 19.2 Å². The highest BCUT2D eigenvalue weighted by molar-refractivity contribution is 7.93. The van der Waals surface area contributed by atoms with Gasteiger partial charge in [0.05, 0.1) is 42.0 Å². The van der Waals surface area contributed by atoms with Gasteiger partial charge in [-0.1, -0.05) is 24.6 Å². The van der Waals surface area contributed by atoms with Crippen LogP contribution in [0.4, 0.5) is 10.1 Å². The Balaban J connectivity index is 2.36. The zero-order chi connectivity index (χ0) is 24.1. The molecule has 176 valence electrons. The summed E-state index contributed by atoms with van der Waals surface area (Å²) in [5, 5.41) is -1.62. The van der Waals surface area contributed by atoms with Crippen molar-refractivity contribution in [3.63, 3.8) is 0 Å². The molecule has 0 bridgehead atoms. The first-order chi connectivity index (χ1) is 15.0. The van der Waals surface area contributed by atoms with E-state index in [-0.39, 0.29) is 30.7 Å². The maximum atomic E-state index is 14.4. The molecule has 1 aliphatic rings. The molecule has 1 N–H and O–H groups in total. The van der Waals surface area contributed by atoms with Gasteiger partial charge in [-0.2, -0.15) is 0 Å². The molecule has 32 heavy (non-hydrogen) atoms. The largest absolute Gasteiger partial charge is 0.469 e. The minimum atomic E-state index is -4.18. The quantitative estimate of drug-likeness (QED) is 0.415. The van der Waals surface area contributed by atoms with E-state index < -0.39 is 55.3 Å². The second-order valence-corrected chi connectivity index (χ2v) is 9.52. The highest BCUT2D eigenvalue weighted by atomic mass is 35.5. The van der Waals surface area contributed by atoms with Gasteiger partial charge < -0.3 is 9.47 Å². The number of carbonyl (C=O) groups is 3. The van der Waals surface area contributed by atoms with E-state index in [2.05, 4.69) is 9.46 Å². The number of anilines is 1. The van der Waals surface area contributed by atoms with E-state index in [1.165, 1.54) is 13.0 Å². The normalized spacial score (nSPS) is 17.2. The number of halogens is 2. The van der Waals surface area contributed by atoms with Crippen molar-refractivity contribution >= 4 is 45.0 Å². The lowest BCUT2D eigenvalue weighted by Crippen LogP contribution is -2.35. The molecule has 8 nitrogen and oxygen atoms in total. The third kappa shape index (κ3) is 5.86. The van der Waals surface area contributed by atoms with Crippen LogP contribution in [0.15, 0.2) is 23.8 Å². The molecule has 0 fully saturated rings. The fourth-order valence-electron chi connectivity index (χ4n) is 3.35. The number of hydrogen-bond acceptors (Lipinski definition) is 7. The van der Waals surface area contributed by atoms with Crippen molar-refractivity contribution in [2.45, 2.75) is 44.8 Å². The molecule has 0 spiro atoms. The standard InChI is InChI=1S/C21H25ClFNO7S/c1-4-31-21(27)13-7-5-6-8-16(13)32(28,29)24-15-10-9-14(23)18(19(15)22)20(26)12(2)11-17(25)30-3/h7,9-10,12,16,24H,4-6,8,11H2,1-3H3/t12?,16-/m1/s1. The Morgan fingerprint density at radius 1 is 1.31 bits per heavy atom. The molecule has 0 amide bonds. The van der Waals surface area contributed by atoms with Crippen LogP contribution in [0.1, 0.15) is 49.9 Å². The maximum absolute atomic E-state index is 14.4. The molecule has 0 aromatic heterocycles. The van der Waals surface area contributed by atoms with Crippen molar-refractivity contribution in [3.05, 3.63) is 40.2 Å². The van der Waals surface area contributed by atoms with Crippen molar-refractivity contribution in [1.82, 2.24) is 0 Å². The average Bonchev–Trinajstić information content (AvgIpc) is 2.75. The number of hydrogen-bond donors (Lipinski definition) is 1. The Hall–Kier alpha value is -2.46. The van der Waals surface area contributed by atoms with Crippen molar-refractivity contribution in [3.8, 4) is 0 Å². The van der Waals surface area contributed by atoms with Gasteiger partial charge in [-0.15, -0.1) is 0 Å². The summed E-state index contributed by atoms with van der Waals surface area (Å²) < 4.78 is 52.3. The van der Waals surface area contributed by atoms with Crippen LogP contribution in [0.25, 0.3) is 0 Å². The summed E-state index contributed by atoms with van der Waals surface area (Å²) in [5.74, 6) is -4.05. The number of sulfonamides is 1. The Kier molecular flexibility index (Phi) is 8.80. The summed E-state index contributed by atoms with van der Waals surface area (Å²) in [5.41, 5.74) is -0.727. The van der Waals surface area contributed by atoms with Gasteiger partial charge in [0.25, 0.3) is 0 Å². The van der Waals surface area contributed by atoms with Gasteiger partial charge in [0.1, 0.15) is 11.1 Å². The van der Waals surface area contributed by atoms with Gasteiger partial charge in [0, 0.05) is 5.92 Å². The third-order valence-corrected chi connectivity index (χ3v) is 7.14. The van der Waals surface area contributed by atoms with Crippen LogP contribution in [0.3, 0.4) is 0 Å². The molecule has 0 aliphatic heterocycles. The minimum Gasteiger partial charge on any atom is -0.469 e. The van der Waals surface area contributed by atoms with Crippen LogP contribution in [0, 0.1) is 11.7 Å². The molecule has 1 aliphatic carbocycles. The molecule has 0 saturated carbocycles. The van der Waals surface area contributed by atoms with Crippen LogP contribution >= 0.6 is 11.6 Å². The van der Waals surface area contributed by atoms with E-state index in [1.54, 1.807) is 6.92 Å². The van der Waals surface area contributed by atoms with E-state index in [9.17, 15) is 27.2 Å². The highest BCUT2D eigenvalue weighted by Crippen LogP contribution is 2.34. The molecular weight excluding hydrogens is 465 g/mol. The SMILES string of the molecule is CCOC(=O)C1=CCCC[C@H]1S(=O)(=O)Nc1ccc(F)c(C(=O)C(C)CC(=O)OC)c1Cl. The number of benzene rings is 1. The molecule has 1 aromatic carbocycles. The molecular formula is C21H25ClFNO7S. The van der Waals surface area contributed by atoms with Gasteiger partial charge in [0.2, 0.25) is 10.0 Å². The van der Waals surface area contributed by atoms with E-state index in [0.29, 0.717) is 12.8 Å². The van der Waals surface area contributed by atoms with Gasteiger partial charge in [-0.25, -0.2) is 17.6 Å². The minimum absolute atomic E-state index is 0.0202. The number of allylic oxidation sites excluding steroid dienone is 1. The summed E-state index contributed by atoms with van der Waals surface area (Å²) in [6.07, 6.45) is 2.49. The first-order valence-electron chi connectivity index (χ1n) is 10.0. The lowest BCUT2D eigenvalue weighted by atomic mass is 9.95. The van der Waals surface area contributed by atoms with Gasteiger partial charge in [-0.3, -0.25) is 14.3 Å². The van der Waals surface area contributed by atoms with E-state index in [4.69, 9.17) is 16.3 Å². The third-order valence-electron chi connectivity index (χ3n) is 5.01. The number of rotatable bonds is 9. The molecule has 2 atom stereocenters. The number of esters is 2. The van der Waals surface area contributed by atoms with Crippen LogP contribution in [-0.2, 0) is 29.1 Å². The molecule has 0 heterocycles. The second-order valence-electron chi connectivity index (χ2n) is 7.28. The number of ketones is 1. The zero-order valence-corrected chi connectivity index (χ0v) is 19.5. The summed E-state index contributed by atoms with van der Waals surface area (Å²) in [6, 6.07) is 2.00. The first kappa shape index (κ1) is 25.8. The van der Waals surface area contributed by atoms with Crippen LogP contribution in [0.5, 0.6) is 0 Å². The van der Waals surface area contributed by atoms with Crippen molar-refractivity contribution < 1.29 is 36.7 Å². The van der Waals surface area contributed by atoms with Crippen LogP contribution < -0.4 is 4.72 Å². The number of methoxy groups -OCH3 is 1. The maximum Gasteiger partial charge on any atom is 0.335 e. The fourth-order valence-corrected chi connectivity index (χ4v) is 5.33. The topological polar surface area (TPSA) is 116 Å². The highest BCUT2D eigenvalue weighted by Gasteiger charge is 2.36. The average molecular weight is 490 g/mol. The number of carbonyl (C=O) groups excluding carboxylic acids is 3. The van der Waals surface area contributed by atoms with E-state index in [1.807, 2.05) is 0 Å². The summed E-state index contributed by atoms with van der Waals surface area (Å²) in [7, 11) is -3.02. The number of Topliss-reactive ketones (excluding diaryl/α,β-unsaturated/α-hetero) is 1. The van der Waals surface area contributed by atoms with Crippen molar-refractivity contribution in [2.24, 2.45) is 5.92 Å². The van der Waals surface area contributed by atoms with Crippen LogP contribution in [-0.4, -0.2) is 45.1 Å². The summed E-state index contributed by atoms with van der Waals surface area (Å²) >= 11 is 6.21. The molecule has 2 rings (SSSR count). The second kappa shape index (κ2) is 10.9. The smallest absolute Gasteiger partial charge is 0.335 e.